The zero-order valence-corrected chi connectivity index (χ0v) is 19.6. The van der Waals surface area contributed by atoms with Crippen LogP contribution in [0.2, 0.25) is 0 Å². The molecule has 10 N–H and O–H groups in total. The number of hydrogen-bond acceptors (Lipinski definition) is 13. The lowest BCUT2D eigenvalue weighted by Crippen LogP contribution is -2.28. The quantitative estimate of drug-likeness (QED) is 0.149. The van der Waals surface area contributed by atoms with Crippen molar-refractivity contribution in [2.24, 2.45) is 23.1 Å². The molecule has 0 bridgehead atoms. The fourth-order valence-electron chi connectivity index (χ4n) is 4.12. The number of hydrogen-bond donors (Lipinski definition) is 7. The highest BCUT2D eigenvalue weighted by atomic mass is 31.2. The van der Waals surface area contributed by atoms with Crippen LogP contribution in [0.5, 0.6) is 0 Å². The second kappa shape index (κ2) is 11.3. The van der Waals surface area contributed by atoms with E-state index in [-0.39, 0.29) is 25.9 Å². The zero-order valence-electron chi connectivity index (χ0n) is 17.8. The van der Waals surface area contributed by atoms with Crippen molar-refractivity contribution in [1.82, 2.24) is 0 Å². The third kappa shape index (κ3) is 7.97. The van der Waals surface area contributed by atoms with Gasteiger partial charge in [0.25, 0.3) is 0 Å². The van der Waals surface area contributed by atoms with Crippen molar-refractivity contribution in [1.29, 1.82) is 0 Å². The molecule has 0 spiro atoms. The maximum Gasteiger partial charge on any atom is 0.472 e. The smallest absolute Gasteiger partial charge is 0.394 e. The van der Waals surface area contributed by atoms with Crippen LogP contribution in [-0.4, -0.2) is 88.8 Å². The zero-order chi connectivity index (χ0) is 24.4. The predicted octanol–water partition coefficient (Wildman–Crippen LogP) is -1.77. The second-order valence-corrected chi connectivity index (χ2v) is 11.3. The fraction of sp³-hybridized carbons (Fsp3) is 1.00. The Morgan fingerprint density at radius 3 is 2.00 bits per heavy atom. The van der Waals surface area contributed by atoms with E-state index in [9.17, 15) is 29.1 Å². The molecule has 3 fully saturated rings. The van der Waals surface area contributed by atoms with Crippen LogP contribution in [0, 0.1) is 5.92 Å². The summed E-state index contributed by atoms with van der Waals surface area (Å²) in [6.45, 7) is -1.22. The van der Waals surface area contributed by atoms with Gasteiger partial charge in [-0.15, -0.1) is 0 Å². The molecule has 15 nitrogen and oxygen atoms in total. The summed E-state index contributed by atoms with van der Waals surface area (Å²) in [6.07, 6.45) is -5.23. The number of phosphoric acid groups is 2. The van der Waals surface area contributed by atoms with E-state index < -0.39 is 83.8 Å². The average molecular weight is 521 g/mol. The highest BCUT2D eigenvalue weighted by molar-refractivity contribution is 7.47. The van der Waals surface area contributed by atoms with Crippen LogP contribution in [0.25, 0.3) is 0 Å². The molecule has 194 valence electrons. The lowest BCUT2D eigenvalue weighted by atomic mass is 10.1. The molecular formula is C16H33N3O12P2. The fourth-order valence-corrected chi connectivity index (χ4v) is 6.12. The molecule has 0 radical (unpaired) electrons. The number of phosphoric ester groups is 2. The number of ether oxygens (including phenoxy) is 2. The largest absolute Gasteiger partial charge is 0.472 e. The first-order valence-corrected chi connectivity index (χ1v) is 13.5. The van der Waals surface area contributed by atoms with E-state index in [4.69, 9.17) is 44.8 Å². The maximum atomic E-state index is 12.4. The van der Waals surface area contributed by atoms with Crippen molar-refractivity contribution in [3.63, 3.8) is 0 Å². The molecule has 0 aromatic heterocycles. The predicted molar refractivity (Wildman–Crippen MR) is 110 cm³/mol. The Labute approximate surface area is 190 Å². The Balaban J connectivity index is 1.50. The highest BCUT2D eigenvalue weighted by Crippen LogP contribution is 2.51. The Bertz CT molecular complexity index is 750. The number of nitrogens with two attached hydrogens (primary N) is 3. The van der Waals surface area contributed by atoms with Gasteiger partial charge in [0, 0.05) is 24.8 Å². The summed E-state index contributed by atoms with van der Waals surface area (Å²) >= 11 is 0. The average Bonchev–Trinajstić information content (AvgIpc) is 3.33. The van der Waals surface area contributed by atoms with Crippen LogP contribution in [-0.2, 0) is 36.7 Å². The molecule has 0 aromatic carbocycles. The topological polar surface area (TPSA) is 248 Å². The van der Waals surface area contributed by atoms with Gasteiger partial charge in [-0.3, -0.25) is 18.1 Å². The molecule has 1 aliphatic carbocycles. The van der Waals surface area contributed by atoms with Gasteiger partial charge in [-0.1, -0.05) is 0 Å². The maximum absolute atomic E-state index is 12.4. The van der Waals surface area contributed by atoms with Crippen molar-refractivity contribution in [2.45, 2.75) is 74.7 Å². The third-order valence-electron chi connectivity index (χ3n) is 5.72. The van der Waals surface area contributed by atoms with Crippen molar-refractivity contribution in [2.75, 3.05) is 19.8 Å². The van der Waals surface area contributed by atoms with E-state index >= 15 is 0 Å². The minimum atomic E-state index is -4.58. The van der Waals surface area contributed by atoms with Crippen LogP contribution in [0.4, 0.5) is 0 Å². The molecule has 2 heterocycles. The summed E-state index contributed by atoms with van der Waals surface area (Å²) in [4.78, 5) is 20.1. The summed E-state index contributed by atoms with van der Waals surface area (Å²) in [5, 5.41) is 19.1. The van der Waals surface area contributed by atoms with Crippen LogP contribution in [0.3, 0.4) is 0 Å². The summed E-state index contributed by atoms with van der Waals surface area (Å²) in [5.41, 5.74) is 17.1. The molecule has 1 saturated carbocycles. The Morgan fingerprint density at radius 2 is 1.39 bits per heavy atom. The lowest BCUT2D eigenvalue weighted by molar-refractivity contribution is -0.0284. The van der Waals surface area contributed by atoms with Crippen LogP contribution >= 0.6 is 15.6 Å². The summed E-state index contributed by atoms with van der Waals surface area (Å²) in [6, 6.07) is -0.402. The first-order valence-electron chi connectivity index (χ1n) is 10.6. The molecule has 33 heavy (non-hydrogen) atoms. The van der Waals surface area contributed by atoms with Crippen molar-refractivity contribution >= 4 is 15.6 Å². The molecule has 0 amide bonds. The lowest BCUT2D eigenvalue weighted by Gasteiger charge is -2.25. The van der Waals surface area contributed by atoms with Crippen LogP contribution in [0.1, 0.15) is 25.7 Å². The van der Waals surface area contributed by atoms with Gasteiger partial charge in [0.15, 0.2) is 0 Å². The van der Waals surface area contributed by atoms with Gasteiger partial charge in [0.2, 0.25) is 0 Å². The van der Waals surface area contributed by atoms with E-state index in [2.05, 4.69) is 0 Å². The minimum Gasteiger partial charge on any atom is -0.394 e. The van der Waals surface area contributed by atoms with Gasteiger partial charge in [-0.2, -0.15) is 0 Å². The highest BCUT2D eigenvalue weighted by Gasteiger charge is 2.43. The number of aliphatic hydroxyl groups is 2. The molecule has 2 unspecified atom stereocenters. The summed E-state index contributed by atoms with van der Waals surface area (Å²) in [5.74, 6) is -0.606. The van der Waals surface area contributed by atoms with Gasteiger partial charge in [-0.25, -0.2) is 9.13 Å². The van der Waals surface area contributed by atoms with Crippen molar-refractivity contribution in [3.05, 3.63) is 0 Å². The van der Waals surface area contributed by atoms with Crippen LogP contribution in [0.15, 0.2) is 0 Å². The molecular weight excluding hydrogens is 488 g/mol. The molecule has 3 aliphatic rings. The Hall–Kier alpha value is -0.0600. The Morgan fingerprint density at radius 1 is 0.818 bits per heavy atom. The van der Waals surface area contributed by atoms with Crippen molar-refractivity contribution < 1.29 is 56.7 Å². The molecule has 2 aliphatic heterocycles. The standard InChI is InChI=1S/C16H33N3O12P2/c17-9-1-8(6-26-32(22,23)31-12-4-16(19)28-13(12)5-20)11(2-9)30-33(24,25)27-7-14-10(21)3-15(18)29-14/h8-16,20-21H,1-7,17-19H2,(H,22,23)(H,24,25)/t8-,9-,10+,11-,12-,13-,14+,15+,16+/m1/s1. The number of aliphatic hydroxyl groups excluding tert-OH is 2. The monoisotopic (exact) mass is 521 g/mol. The van der Waals surface area contributed by atoms with Gasteiger partial charge in [0.1, 0.15) is 30.8 Å². The van der Waals surface area contributed by atoms with Gasteiger partial charge in [-0.05, 0) is 12.8 Å². The molecule has 0 aromatic rings. The van der Waals surface area contributed by atoms with Crippen LogP contribution < -0.4 is 17.2 Å². The molecule has 3 rings (SSSR count). The summed E-state index contributed by atoms with van der Waals surface area (Å²) in [7, 11) is -9.15. The first kappa shape index (κ1) is 27.5. The second-order valence-electron chi connectivity index (χ2n) is 8.46. The van der Waals surface area contributed by atoms with E-state index in [1.807, 2.05) is 0 Å². The SMILES string of the molecule is N[C@@H]1C[C@H](COP(=O)(O)O[C@@H]2C[C@@H](N)O[C@@H]2CO)[C@H](OP(=O)(O)OC[C@@H]2O[C@H](N)C[C@@H]2O)C1. The molecule has 11 atom stereocenters. The minimum absolute atomic E-state index is 0.0918. The van der Waals surface area contributed by atoms with E-state index in [1.165, 1.54) is 0 Å². The van der Waals surface area contributed by atoms with Crippen molar-refractivity contribution in [3.8, 4) is 0 Å². The normalized spacial score (nSPS) is 42.9. The Kier molecular flexibility index (Phi) is 9.45. The van der Waals surface area contributed by atoms with E-state index in [1.54, 1.807) is 0 Å². The first-order chi connectivity index (χ1) is 15.4. The number of rotatable bonds is 11. The van der Waals surface area contributed by atoms with E-state index in [0.717, 1.165) is 0 Å². The summed E-state index contributed by atoms with van der Waals surface area (Å²) < 4.78 is 55.4. The van der Waals surface area contributed by atoms with Gasteiger partial charge < -0.3 is 46.7 Å². The molecule has 2 saturated heterocycles. The van der Waals surface area contributed by atoms with Gasteiger partial charge in [0.05, 0.1) is 32.0 Å². The van der Waals surface area contributed by atoms with E-state index in [0.29, 0.717) is 6.42 Å². The molecule has 17 heteroatoms. The van der Waals surface area contributed by atoms with Gasteiger partial charge >= 0.3 is 15.6 Å². The third-order valence-corrected chi connectivity index (χ3v) is 7.74.